The molecule has 0 saturated carbocycles. The Balaban J connectivity index is 1.71. The molecule has 2 amide bonds. The number of amides is 2. The molecule has 0 spiro atoms. The average molecular weight is 465 g/mol. The monoisotopic (exact) mass is 464 g/mol. The third-order valence-corrected chi connectivity index (χ3v) is 6.08. The van der Waals surface area contributed by atoms with Crippen LogP contribution in [0.15, 0.2) is 90.6 Å². The van der Waals surface area contributed by atoms with Crippen molar-refractivity contribution in [2.24, 2.45) is 0 Å². The van der Waals surface area contributed by atoms with Crippen molar-refractivity contribution in [1.82, 2.24) is 0 Å². The van der Waals surface area contributed by atoms with Crippen LogP contribution >= 0.6 is 0 Å². The SMILES string of the molecule is COc1ccccc1C1=C(Nc2cccc3ccccc23)C(=O)N(c2cc(C)ccc2OC)C1=O. The Kier molecular flexibility index (Phi) is 5.71. The van der Waals surface area contributed by atoms with Gasteiger partial charge in [0.1, 0.15) is 17.2 Å². The van der Waals surface area contributed by atoms with Crippen LogP contribution in [0.3, 0.4) is 0 Å². The van der Waals surface area contributed by atoms with E-state index in [0.717, 1.165) is 22.0 Å². The average Bonchev–Trinajstić information content (AvgIpc) is 3.12. The maximum atomic E-state index is 13.9. The summed E-state index contributed by atoms with van der Waals surface area (Å²) in [6.07, 6.45) is 0. The number of nitrogens with one attached hydrogen (secondary N) is 1. The minimum Gasteiger partial charge on any atom is -0.496 e. The van der Waals surface area contributed by atoms with E-state index < -0.39 is 11.8 Å². The Hall–Kier alpha value is -4.58. The highest BCUT2D eigenvalue weighted by atomic mass is 16.5. The maximum absolute atomic E-state index is 13.9. The van der Waals surface area contributed by atoms with Crippen molar-refractivity contribution in [3.63, 3.8) is 0 Å². The van der Waals surface area contributed by atoms with Crippen LogP contribution in [-0.2, 0) is 9.59 Å². The van der Waals surface area contributed by atoms with Gasteiger partial charge in [-0.05, 0) is 42.1 Å². The standard InChI is InChI=1S/C29H24N2O4/c1-18-15-16-25(35-3)23(17-18)31-28(32)26(21-12-6-7-14-24(21)34-2)27(29(31)33)30-22-13-8-10-19-9-4-5-11-20(19)22/h4-17,30H,1-3H3. The van der Waals surface area contributed by atoms with Crippen LogP contribution in [0.2, 0.25) is 0 Å². The number of para-hydroxylation sites is 1. The third kappa shape index (κ3) is 3.79. The largest absolute Gasteiger partial charge is 0.496 e. The van der Waals surface area contributed by atoms with E-state index in [1.54, 1.807) is 31.4 Å². The van der Waals surface area contributed by atoms with E-state index in [9.17, 15) is 9.59 Å². The first-order chi connectivity index (χ1) is 17.0. The molecule has 0 unspecified atom stereocenters. The van der Waals surface area contributed by atoms with E-state index in [2.05, 4.69) is 5.32 Å². The summed E-state index contributed by atoms with van der Waals surface area (Å²) in [4.78, 5) is 29.0. The molecule has 0 aromatic heterocycles. The zero-order valence-corrected chi connectivity index (χ0v) is 19.7. The lowest BCUT2D eigenvalue weighted by atomic mass is 10.0. The van der Waals surface area contributed by atoms with Gasteiger partial charge in [0.05, 0.1) is 25.5 Å². The number of ether oxygens (including phenoxy) is 2. The number of aryl methyl sites for hydroxylation is 1. The minimum atomic E-state index is -0.465. The molecule has 174 valence electrons. The van der Waals surface area contributed by atoms with Crippen molar-refractivity contribution in [1.29, 1.82) is 0 Å². The number of hydrogen-bond acceptors (Lipinski definition) is 5. The van der Waals surface area contributed by atoms with Gasteiger partial charge in [-0.3, -0.25) is 9.59 Å². The highest BCUT2D eigenvalue weighted by Gasteiger charge is 2.42. The second-order valence-electron chi connectivity index (χ2n) is 8.22. The lowest BCUT2D eigenvalue weighted by Crippen LogP contribution is -2.32. The van der Waals surface area contributed by atoms with Gasteiger partial charge >= 0.3 is 0 Å². The molecule has 1 heterocycles. The molecule has 0 radical (unpaired) electrons. The molecular formula is C29H24N2O4. The van der Waals surface area contributed by atoms with E-state index in [0.29, 0.717) is 22.7 Å². The van der Waals surface area contributed by atoms with Crippen molar-refractivity contribution in [2.45, 2.75) is 6.92 Å². The number of carbonyl (C=O) groups excluding carboxylic acids is 2. The van der Waals surface area contributed by atoms with Crippen LogP contribution in [0, 0.1) is 6.92 Å². The number of methoxy groups -OCH3 is 2. The molecule has 4 aromatic rings. The van der Waals surface area contributed by atoms with Crippen LogP contribution in [0.4, 0.5) is 11.4 Å². The predicted molar refractivity (Wildman–Crippen MR) is 138 cm³/mol. The number of anilines is 2. The van der Waals surface area contributed by atoms with E-state index in [1.807, 2.05) is 67.6 Å². The van der Waals surface area contributed by atoms with Crippen LogP contribution in [0.5, 0.6) is 11.5 Å². The van der Waals surface area contributed by atoms with E-state index in [1.165, 1.54) is 12.0 Å². The molecule has 0 saturated heterocycles. The molecule has 1 N–H and O–H groups in total. The summed E-state index contributed by atoms with van der Waals surface area (Å²) in [6, 6.07) is 26.3. The topological polar surface area (TPSA) is 67.9 Å². The van der Waals surface area contributed by atoms with Crippen LogP contribution in [0.25, 0.3) is 16.3 Å². The zero-order chi connectivity index (χ0) is 24.5. The van der Waals surface area contributed by atoms with Gasteiger partial charge in [0, 0.05) is 16.6 Å². The van der Waals surface area contributed by atoms with E-state index in [4.69, 9.17) is 9.47 Å². The Labute approximate surface area is 203 Å². The number of rotatable bonds is 6. The van der Waals surface area contributed by atoms with Crippen LogP contribution < -0.4 is 19.7 Å². The van der Waals surface area contributed by atoms with Crippen molar-refractivity contribution in [3.05, 3.63) is 102 Å². The number of fused-ring (bicyclic) bond motifs is 1. The Morgan fingerprint density at radius 2 is 1.46 bits per heavy atom. The summed E-state index contributed by atoms with van der Waals surface area (Å²) in [5.74, 6) is 0.0147. The summed E-state index contributed by atoms with van der Waals surface area (Å²) >= 11 is 0. The molecule has 4 aromatic carbocycles. The molecule has 1 aliphatic heterocycles. The number of imide groups is 1. The lowest BCUT2D eigenvalue weighted by molar-refractivity contribution is -0.120. The van der Waals surface area contributed by atoms with Crippen LogP contribution in [-0.4, -0.2) is 26.0 Å². The smallest absolute Gasteiger partial charge is 0.282 e. The molecule has 6 heteroatoms. The molecule has 35 heavy (non-hydrogen) atoms. The van der Waals surface area contributed by atoms with Crippen LogP contribution in [0.1, 0.15) is 11.1 Å². The molecule has 6 nitrogen and oxygen atoms in total. The fourth-order valence-electron chi connectivity index (χ4n) is 4.41. The second-order valence-corrected chi connectivity index (χ2v) is 8.22. The van der Waals surface area contributed by atoms with E-state index in [-0.39, 0.29) is 11.3 Å². The Morgan fingerprint density at radius 3 is 2.26 bits per heavy atom. The van der Waals surface area contributed by atoms with Crippen molar-refractivity contribution in [3.8, 4) is 11.5 Å². The highest BCUT2D eigenvalue weighted by molar-refractivity contribution is 6.47. The second kappa shape index (κ2) is 8.99. The molecule has 1 aliphatic rings. The summed E-state index contributed by atoms with van der Waals surface area (Å²) in [7, 11) is 3.06. The third-order valence-electron chi connectivity index (χ3n) is 6.08. The normalized spacial score (nSPS) is 13.5. The maximum Gasteiger partial charge on any atom is 0.282 e. The van der Waals surface area contributed by atoms with Gasteiger partial charge in [0.15, 0.2) is 0 Å². The lowest BCUT2D eigenvalue weighted by Gasteiger charge is -2.19. The van der Waals surface area contributed by atoms with Crippen molar-refractivity contribution in [2.75, 3.05) is 24.4 Å². The number of carbonyl (C=O) groups is 2. The number of nitrogens with zero attached hydrogens (tertiary/aromatic N) is 1. The molecule has 0 atom stereocenters. The minimum absolute atomic E-state index is 0.180. The Bertz CT molecular complexity index is 1500. The van der Waals surface area contributed by atoms with Gasteiger partial charge in [0.2, 0.25) is 0 Å². The molecule has 0 aliphatic carbocycles. The summed E-state index contributed by atoms with van der Waals surface area (Å²) in [5.41, 5.74) is 2.97. The molecular weight excluding hydrogens is 440 g/mol. The Morgan fingerprint density at radius 1 is 0.743 bits per heavy atom. The van der Waals surface area contributed by atoms with Gasteiger partial charge < -0.3 is 14.8 Å². The van der Waals surface area contributed by atoms with E-state index >= 15 is 0 Å². The van der Waals surface area contributed by atoms with Crippen molar-refractivity contribution < 1.29 is 19.1 Å². The quantitative estimate of drug-likeness (QED) is 0.378. The summed E-state index contributed by atoms with van der Waals surface area (Å²) in [6.45, 7) is 1.90. The first-order valence-electron chi connectivity index (χ1n) is 11.2. The fraction of sp³-hybridized carbons (Fsp3) is 0.103. The zero-order valence-electron chi connectivity index (χ0n) is 19.7. The number of hydrogen-bond donors (Lipinski definition) is 1. The highest BCUT2D eigenvalue weighted by Crippen LogP contribution is 2.41. The van der Waals surface area contributed by atoms with Gasteiger partial charge in [0.25, 0.3) is 11.8 Å². The van der Waals surface area contributed by atoms with Gasteiger partial charge in [-0.25, -0.2) is 4.90 Å². The van der Waals surface area contributed by atoms with Crippen molar-refractivity contribution >= 4 is 39.5 Å². The van der Waals surface area contributed by atoms with Gasteiger partial charge in [-0.2, -0.15) is 0 Å². The first kappa shape index (κ1) is 22.2. The predicted octanol–water partition coefficient (Wildman–Crippen LogP) is 5.56. The summed E-state index contributed by atoms with van der Waals surface area (Å²) < 4.78 is 11.0. The molecule has 0 fully saturated rings. The van der Waals surface area contributed by atoms with Gasteiger partial charge in [-0.15, -0.1) is 0 Å². The fourth-order valence-corrected chi connectivity index (χ4v) is 4.41. The molecule has 5 rings (SSSR count). The number of benzene rings is 4. The van der Waals surface area contributed by atoms with Gasteiger partial charge in [-0.1, -0.05) is 60.7 Å². The first-order valence-corrected chi connectivity index (χ1v) is 11.2. The summed E-state index contributed by atoms with van der Waals surface area (Å²) in [5, 5.41) is 5.24. The molecule has 0 bridgehead atoms.